The van der Waals surface area contributed by atoms with Gasteiger partial charge in [-0.15, -0.1) is 0 Å². The molecular formula is C8H11N3O5. The standard InChI is InChI=1S/C8H11N3O5/c12-4-6-5(13)3-7(16-6)10-2-1-9-8(10)11(14)15/h1-2,5-7,12-13H,3-4H2. The summed E-state index contributed by atoms with van der Waals surface area (Å²) in [6, 6.07) is 0. The van der Waals surface area contributed by atoms with Crippen molar-refractivity contribution in [2.24, 2.45) is 0 Å². The zero-order valence-corrected chi connectivity index (χ0v) is 8.26. The highest BCUT2D eigenvalue weighted by molar-refractivity contribution is 5.08. The lowest BCUT2D eigenvalue weighted by Crippen LogP contribution is -2.24. The third kappa shape index (κ3) is 1.77. The summed E-state index contributed by atoms with van der Waals surface area (Å²) in [6.45, 7) is -0.319. The van der Waals surface area contributed by atoms with Gasteiger partial charge in [-0.3, -0.25) is 0 Å². The maximum atomic E-state index is 10.6. The number of aliphatic hydroxyl groups excluding tert-OH is 2. The molecule has 3 unspecified atom stereocenters. The summed E-state index contributed by atoms with van der Waals surface area (Å²) in [5.41, 5.74) is 0. The van der Waals surface area contributed by atoms with Crippen LogP contribution in [0.1, 0.15) is 12.6 Å². The largest absolute Gasteiger partial charge is 0.436 e. The van der Waals surface area contributed by atoms with Gasteiger partial charge in [0.05, 0.1) is 12.7 Å². The highest BCUT2D eigenvalue weighted by Crippen LogP contribution is 2.30. The second-order valence-corrected chi connectivity index (χ2v) is 3.51. The van der Waals surface area contributed by atoms with E-state index in [2.05, 4.69) is 4.98 Å². The van der Waals surface area contributed by atoms with Crippen LogP contribution in [-0.4, -0.2) is 43.5 Å². The van der Waals surface area contributed by atoms with Crippen molar-refractivity contribution in [1.82, 2.24) is 9.55 Å². The number of nitro groups is 1. The number of ether oxygens (including phenoxy) is 1. The van der Waals surface area contributed by atoms with Crippen LogP contribution in [0.3, 0.4) is 0 Å². The second-order valence-electron chi connectivity index (χ2n) is 3.51. The molecule has 1 aliphatic rings. The fraction of sp³-hybridized carbons (Fsp3) is 0.625. The van der Waals surface area contributed by atoms with Crippen LogP contribution in [0.4, 0.5) is 5.95 Å². The molecule has 2 N–H and O–H groups in total. The number of nitrogens with zero attached hydrogens (tertiary/aromatic N) is 3. The van der Waals surface area contributed by atoms with E-state index in [-0.39, 0.29) is 19.0 Å². The molecule has 8 heteroatoms. The van der Waals surface area contributed by atoms with E-state index in [0.29, 0.717) is 0 Å². The molecule has 88 valence electrons. The summed E-state index contributed by atoms with van der Waals surface area (Å²) >= 11 is 0. The first-order chi connectivity index (χ1) is 7.63. The lowest BCUT2D eigenvalue weighted by Gasteiger charge is -2.10. The highest BCUT2D eigenvalue weighted by atomic mass is 16.6. The molecule has 0 aromatic carbocycles. The summed E-state index contributed by atoms with van der Waals surface area (Å²) in [7, 11) is 0. The zero-order chi connectivity index (χ0) is 11.7. The van der Waals surface area contributed by atoms with Crippen molar-refractivity contribution >= 4 is 5.95 Å². The molecule has 1 aromatic heterocycles. The molecule has 2 rings (SSSR count). The van der Waals surface area contributed by atoms with Crippen LogP contribution in [0, 0.1) is 10.1 Å². The van der Waals surface area contributed by atoms with E-state index in [1.165, 1.54) is 17.0 Å². The summed E-state index contributed by atoms with van der Waals surface area (Å²) in [5.74, 6) is -0.337. The minimum atomic E-state index is -0.822. The SMILES string of the molecule is O=[N+]([O-])c1nccn1C1CC(O)C(CO)O1. The Morgan fingerprint density at radius 2 is 2.50 bits per heavy atom. The van der Waals surface area contributed by atoms with Crippen LogP contribution in [0.5, 0.6) is 0 Å². The number of hydrogen-bond acceptors (Lipinski definition) is 6. The van der Waals surface area contributed by atoms with Gasteiger partial charge in [0.2, 0.25) is 0 Å². The Kier molecular flexibility index (Phi) is 2.86. The van der Waals surface area contributed by atoms with Gasteiger partial charge in [0, 0.05) is 6.42 Å². The molecule has 1 aliphatic heterocycles. The second kappa shape index (κ2) is 4.16. The van der Waals surface area contributed by atoms with Crippen LogP contribution < -0.4 is 0 Å². The number of imidazole rings is 1. The molecule has 1 saturated heterocycles. The minimum absolute atomic E-state index is 0.197. The zero-order valence-electron chi connectivity index (χ0n) is 8.26. The smallest absolute Gasteiger partial charge is 0.394 e. The Morgan fingerprint density at radius 3 is 3.06 bits per heavy atom. The Bertz CT molecular complexity index is 393. The Hall–Kier alpha value is -1.51. The van der Waals surface area contributed by atoms with Crippen LogP contribution in [0.2, 0.25) is 0 Å². The lowest BCUT2D eigenvalue weighted by molar-refractivity contribution is -0.398. The van der Waals surface area contributed by atoms with E-state index < -0.39 is 23.4 Å². The van der Waals surface area contributed by atoms with Gasteiger partial charge >= 0.3 is 5.95 Å². The first-order valence-corrected chi connectivity index (χ1v) is 4.75. The molecule has 0 aliphatic carbocycles. The quantitative estimate of drug-likeness (QED) is 0.530. The fourth-order valence-corrected chi connectivity index (χ4v) is 1.72. The van der Waals surface area contributed by atoms with Crippen molar-refractivity contribution in [3.8, 4) is 0 Å². The Morgan fingerprint density at radius 1 is 1.75 bits per heavy atom. The maximum Gasteiger partial charge on any atom is 0.436 e. The van der Waals surface area contributed by atoms with Crippen molar-refractivity contribution in [2.75, 3.05) is 6.61 Å². The van der Waals surface area contributed by atoms with Crippen LogP contribution >= 0.6 is 0 Å². The lowest BCUT2D eigenvalue weighted by atomic mass is 10.2. The van der Waals surface area contributed by atoms with Gasteiger partial charge in [0.25, 0.3) is 0 Å². The fourth-order valence-electron chi connectivity index (χ4n) is 1.72. The normalized spacial score (nSPS) is 29.5. The summed E-state index contributed by atoms with van der Waals surface area (Å²) in [4.78, 5) is 13.6. The van der Waals surface area contributed by atoms with Gasteiger partial charge in [-0.25, -0.2) is 4.57 Å². The Labute approximate surface area is 90.2 Å². The van der Waals surface area contributed by atoms with E-state index in [1.54, 1.807) is 0 Å². The van der Waals surface area contributed by atoms with E-state index in [9.17, 15) is 15.2 Å². The predicted octanol–water partition coefficient (Wildman–Crippen LogP) is -0.568. The van der Waals surface area contributed by atoms with Crippen molar-refractivity contribution in [1.29, 1.82) is 0 Å². The summed E-state index contributed by atoms with van der Waals surface area (Å²) in [6.07, 6.45) is 0.719. The van der Waals surface area contributed by atoms with E-state index in [4.69, 9.17) is 9.84 Å². The van der Waals surface area contributed by atoms with Crippen LogP contribution in [-0.2, 0) is 4.74 Å². The molecule has 3 atom stereocenters. The first kappa shape index (κ1) is 11.0. The molecule has 0 saturated carbocycles. The summed E-state index contributed by atoms with van der Waals surface area (Å²) < 4.78 is 6.51. The van der Waals surface area contributed by atoms with E-state index >= 15 is 0 Å². The molecular weight excluding hydrogens is 218 g/mol. The third-order valence-electron chi connectivity index (χ3n) is 2.51. The molecule has 16 heavy (non-hydrogen) atoms. The van der Waals surface area contributed by atoms with Gasteiger partial charge in [0.15, 0.2) is 6.23 Å². The van der Waals surface area contributed by atoms with Crippen LogP contribution in [0.25, 0.3) is 0 Å². The average molecular weight is 229 g/mol. The first-order valence-electron chi connectivity index (χ1n) is 4.75. The number of aromatic nitrogens is 2. The molecule has 0 bridgehead atoms. The molecule has 0 radical (unpaired) electrons. The topological polar surface area (TPSA) is 111 Å². The number of hydrogen-bond donors (Lipinski definition) is 2. The van der Waals surface area contributed by atoms with Gasteiger partial charge < -0.3 is 25.1 Å². The molecule has 2 heterocycles. The molecule has 1 fully saturated rings. The molecule has 0 amide bonds. The molecule has 1 aromatic rings. The number of aliphatic hydroxyl groups is 2. The third-order valence-corrected chi connectivity index (χ3v) is 2.51. The van der Waals surface area contributed by atoms with Crippen LogP contribution in [0.15, 0.2) is 12.4 Å². The highest BCUT2D eigenvalue weighted by Gasteiger charge is 2.38. The van der Waals surface area contributed by atoms with E-state index in [0.717, 1.165) is 0 Å². The van der Waals surface area contributed by atoms with Gasteiger partial charge in [-0.1, -0.05) is 4.98 Å². The van der Waals surface area contributed by atoms with Crippen molar-refractivity contribution in [3.05, 3.63) is 22.5 Å². The minimum Gasteiger partial charge on any atom is -0.394 e. The summed E-state index contributed by atoms with van der Waals surface area (Å²) in [5, 5.41) is 29.0. The van der Waals surface area contributed by atoms with Gasteiger partial charge in [-0.2, -0.15) is 0 Å². The monoisotopic (exact) mass is 229 g/mol. The van der Waals surface area contributed by atoms with E-state index in [1.807, 2.05) is 0 Å². The van der Waals surface area contributed by atoms with Gasteiger partial charge in [0.1, 0.15) is 18.5 Å². The number of rotatable bonds is 3. The van der Waals surface area contributed by atoms with Crippen molar-refractivity contribution in [2.45, 2.75) is 24.9 Å². The average Bonchev–Trinajstić information content (AvgIpc) is 2.82. The van der Waals surface area contributed by atoms with Gasteiger partial charge in [-0.05, 0) is 4.92 Å². The van der Waals surface area contributed by atoms with Crippen molar-refractivity contribution < 1.29 is 19.9 Å². The molecule has 8 nitrogen and oxygen atoms in total. The van der Waals surface area contributed by atoms with Crippen molar-refractivity contribution in [3.63, 3.8) is 0 Å². The maximum absolute atomic E-state index is 10.6. The molecule has 0 spiro atoms. The predicted molar refractivity (Wildman–Crippen MR) is 50.5 cm³/mol. The Balaban J connectivity index is 2.20.